The fourth-order valence-electron chi connectivity index (χ4n) is 2.99. The van der Waals surface area contributed by atoms with Gasteiger partial charge in [0, 0.05) is 18.7 Å². The van der Waals surface area contributed by atoms with Crippen molar-refractivity contribution < 1.29 is 9.53 Å². The Morgan fingerprint density at radius 1 is 1.20 bits per heavy atom. The van der Waals surface area contributed by atoms with Gasteiger partial charge in [-0.25, -0.2) is 0 Å². The Morgan fingerprint density at radius 2 is 1.85 bits per heavy atom. The van der Waals surface area contributed by atoms with Crippen LogP contribution in [0.5, 0.6) is 5.75 Å². The summed E-state index contributed by atoms with van der Waals surface area (Å²) in [6, 6.07) is 8.18. The normalized spacial score (nSPS) is 16.5. The molecular weight excluding hydrogens is 250 g/mol. The highest BCUT2D eigenvalue weighted by Gasteiger charge is 2.21. The predicted molar refractivity (Wildman–Crippen MR) is 81.0 cm³/mol. The minimum atomic E-state index is 0.196. The average Bonchev–Trinajstić information content (AvgIpc) is 2.76. The zero-order valence-electron chi connectivity index (χ0n) is 12.6. The fourth-order valence-corrected chi connectivity index (χ4v) is 2.99. The Bertz CT molecular complexity index is 436. The molecule has 1 amide bonds. The Labute approximate surface area is 121 Å². The molecule has 0 saturated heterocycles. The topological polar surface area (TPSA) is 29.5 Å². The smallest absolute Gasteiger partial charge is 0.227 e. The molecule has 3 nitrogen and oxygen atoms in total. The van der Waals surface area contributed by atoms with Gasteiger partial charge in [0.15, 0.2) is 0 Å². The lowest BCUT2D eigenvalue weighted by Gasteiger charge is -2.27. The Hall–Kier alpha value is -1.51. The number of hydrogen-bond acceptors (Lipinski definition) is 2. The lowest BCUT2D eigenvalue weighted by atomic mass is 10.1. The first kappa shape index (κ1) is 14.9. The van der Waals surface area contributed by atoms with E-state index >= 15 is 0 Å². The lowest BCUT2D eigenvalue weighted by Crippen LogP contribution is -2.37. The van der Waals surface area contributed by atoms with Crippen molar-refractivity contribution >= 4 is 5.91 Å². The van der Waals surface area contributed by atoms with Crippen molar-refractivity contribution in [3.05, 3.63) is 29.8 Å². The van der Waals surface area contributed by atoms with Crippen LogP contribution in [0.1, 0.15) is 44.1 Å². The van der Waals surface area contributed by atoms with E-state index < -0.39 is 0 Å². The quantitative estimate of drug-likeness (QED) is 0.788. The third kappa shape index (κ3) is 3.75. The fraction of sp³-hybridized carbons (Fsp3) is 0.588. The number of amides is 1. The van der Waals surface area contributed by atoms with Crippen LogP contribution in [0.15, 0.2) is 24.3 Å². The van der Waals surface area contributed by atoms with Crippen molar-refractivity contribution in [2.45, 2.75) is 51.0 Å². The number of hydrogen-bond donors (Lipinski definition) is 0. The zero-order valence-corrected chi connectivity index (χ0v) is 12.6. The maximum absolute atomic E-state index is 12.5. The van der Waals surface area contributed by atoms with E-state index in [2.05, 4.69) is 0 Å². The number of likely N-dealkylation sites (N-methyl/N-ethyl adjacent to an activating group) is 1. The van der Waals surface area contributed by atoms with Crippen LogP contribution < -0.4 is 4.74 Å². The van der Waals surface area contributed by atoms with E-state index in [0.29, 0.717) is 12.5 Å². The van der Waals surface area contributed by atoms with E-state index in [1.807, 2.05) is 36.2 Å². The molecule has 0 aliphatic heterocycles. The summed E-state index contributed by atoms with van der Waals surface area (Å²) in [7, 11) is 3.60. The van der Waals surface area contributed by atoms with Crippen molar-refractivity contribution in [3.63, 3.8) is 0 Å². The molecule has 110 valence electrons. The molecule has 3 heteroatoms. The molecule has 1 aromatic rings. The number of para-hydroxylation sites is 1. The zero-order chi connectivity index (χ0) is 14.4. The van der Waals surface area contributed by atoms with Crippen LogP contribution in [0.2, 0.25) is 0 Å². The third-order valence-corrected chi connectivity index (χ3v) is 4.30. The molecule has 0 aromatic heterocycles. The van der Waals surface area contributed by atoms with E-state index in [4.69, 9.17) is 4.74 Å². The van der Waals surface area contributed by atoms with Crippen molar-refractivity contribution in [2.24, 2.45) is 0 Å². The average molecular weight is 275 g/mol. The van der Waals surface area contributed by atoms with Gasteiger partial charge in [-0.05, 0) is 18.9 Å². The van der Waals surface area contributed by atoms with E-state index in [1.54, 1.807) is 7.11 Å². The third-order valence-electron chi connectivity index (χ3n) is 4.30. The van der Waals surface area contributed by atoms with Gasteiger partial charge >= 0.3 is 0 Å². The number of benzene rings is 1. The van der Waals surface area contributed by atoms with Gasteiger partial charge in [-0.15, -0.1) is 0 Å². The molecule has 0 bridgehead atoms. The van der Waals surface area contributed by atoms with E-state index in [1.165, 1.54) is 25.7 Å². The minimum Gasteiger partial charge on any atom is -0.496 e. The highest BCUT2D eigenvalue weighted by atomic mass is 16.5. The maximum atomic E-state index is 12.5. The van der Waals surface area contributed by atoms with Gasteiger partial charge in [0.05, 0.1) is 13.5 Å². The van der Waals surface area contributed by atoms with Crippen LogP contribution in [0, 0.1) is 0 Å². The van der Waals surface area contributed by atoms with Gasteiger partial charge < -0.3 is 9.64 Å². The molecule has 0 atom stereocenters. The molecule has 1 fully saturated rings. The molecule has 1 saturated carbocycles. The molecule has 1 aromatic carbocycles. The van der Waals surface area contributed by atoms with Gasteiger partial charge in [-0.3, -0.25) is 4.79 Å². The van der Waals surface area contributed by atoms with Crippen LogP contribution in [0.4, 0.5) is 0 Å². The molecule has 2 rings (SSSR count). The van der Waals surface area contributed by atoms with E-state index in [0.717, 1.165) is 24.2 Å². The highest BCUT2D eigenvalue weighted by Crippen LogP contribution is 2.23. The molecule has 1 aliphatic carbocycles. The van der Waals surface area contributed by atoms with E-state index in [-0.39, 0.29) is 5.91 Å². The number of nitrogens with zero attached hydrogens (tertiary/aromatic N) is 1. The molecule has 0 radical (unpaired) electrons. The van der Waals surface area contributed by atoms with Crippen LogP contribution in [-0.2, 0) is 11.2 Å². The largest absolute Gasteiger partial charge is 0.496 e. The van der Waals surface area contributed by atoms with E-state index in [9.17, 15) is 4.79 Å². The SMILES string of the molecule is COc1ccccc1CC(=O)N(C)C1CCCCCC1. The monoisotopic (exact) mass is 275 g/mol. The summed E-state index contributed by atoms with van der Waals surface area (Å²) in [6.07, 6.45) is 7.84. The first-order valence-electron chi connectivity index (χ1n) is 7.60. The first-order valence-corrected chi connectivity index (χ1v) is 7.60. The number of methoxy groups -OCH3 is 1. The molecular formula is C17H25NO2. The number of ether oxygens (including phenoxy) is 1. The predicted octanol–water partition coefficient (Wildman–Crippen LogP) is 3.42. The summed E-state index contributed by atoms with van der Waals surface area (Å²) in [4.78, 5) is 14.4. The van der Waals surface area contributed by atoms with Crippen LogP contribution >= 0.6 is 0 Å². The molecule has 0 unspecified atom stereocenters. The van der Waals surface area contributed by atoms with Gasteiger partial charge in [-0.1, -0.05) is 43.9 Å². The van der Waals surface area contributed by atoms with Gasteiger partial charge in [-0.2, -0.15) is 0 Å². The second-order valence-electron chi connectivity index (χ2n) is 5.64. The Morgan fingerprint density at radius 3 is 2.50 bits per heavy atom. The molecule has 0 N–H and O–H groups in total. The van der Waals surface area contributed by atoms with Crippen LogP contribution in [0.25, 0.3) is 0 Å². The van der Waals surface area contributed by atoms with Gasteiger partial charge in [0.2, 0.25) is 5.91 Å². The molecule has 0 heterocycles. The Balaban J connectivity index is 1.99. The number of carbonyl (C=O) groups excluding carboxylic acids is 1. The van der Waals surface area contributed by atoms with Crippen molar-refractivity contribution in [3.8, 4) is 5.75 Å². The molecule has 20 heavy (non-hydrogen) atoms. The summed E-state index contributed by atoms with van der Waals surface area (Å²) in [5.41, 5.74) is 0.973. The summed E-state index contributed by atoms with van der Waals surface area (Å²) in [6.45, 7) is 0. The van der Waals surface area contributed by atoms with Crippen molar-refractivity contribution in [1.29, 1.82) is 0 Å². The highest BCUT2D eigenvalue weighted by molar-refractivity contribution is 5.79. The van der Waals surface area contributed by atoms with Crippen LogP contribution in [-0.4, -0.2) is 31.0 Å². The molecule has 1 aliphatic rings. The summed E-state index contributed by atoms with van der Waals surface area (Å²) in [5, 5.41) is 0. The lowest BCUT2D eigenvalue weighted by molar-refractivity contribution is -0.131. The van der Waals surface area contributed by atoms with Gasteiger partial charge in [0.1, 0.15) is 5.75 Å². The van der Waals surface area contributed by atoms with Crippen LogP contribution in [0.3, 0.4) is 0 Å². The van der Waals surface area contributed by atoms with Crippen molar-refractivity contribution in [2.75, 3.05) is 14.2 Å². The summed E-state index contributed by atoms with van der Waals surface area (Å²) >= 11 is 0. The standard InChI is InChI=1S/C17H25NO2/c1-18(15-10-5-3-4-6-11-15)17(19)13-14-9-7-8-12-16(14)20-2/h7-9,12,15H,3-6,10-11,13H2,1-2H3. The minimum absolute atomic E-state index is 0.196. The summed E-state index contributed by atoms with van der Waals surface area (Å²) in [5.74, 6) is 0.997. The summed E-state index contributed by atoms with van der Waals surface area (Å²) < 4.78 is 5.32. The van der Waals surface area contributed by atoms with Crippen molar-refractivity contribution in [1.82, 2.24) is 4.90 Å². The number of rotatable bonds is 4. The second-order valence-corrected chi connectivity index (χ2v) is 5.64. The van der Waals surface area contributed by atoms with Gasteiger partial charge in [0.25, 0.3) is 0 Å². The maximum Gasteiger partial charge on any atom is 0.227 e. The number of carbonyl (C=O) groups is 1. The first-order chi connectivity index (χ1) is 9.72. The molecule has 0 spiro atoms. The Kier molecular flexibility index (Phi) is 5.45. The second kappa shape index (κ2) is 7.32.